The third-order valence-electron chi connectivity index (χ3n) is 3.30. The number of carbonyl (C=O) groups is 1. The van der Waals surface area contributed by atoms with Crippen molar-refractivity contribution < 1.29 is 4.79 Å². The average molecular weight is 327 g/mol. The Bertz CT molecular complexity index is 415. The van der Waals surface area contributed by atoms with Gasteiger partial charge in [0.25, 0.3) is 0 Å². The fourth-order valence-corrected chi connectivity index (χ4v) is 1.89. The molecule has 0 bridgehead atoms. The zero-order chi connectivity index (χ0) is 14.5. The summed E-state index contributed by atoms with van der Waals surface area (Å²) in [6.07, 6.45) is 0.918. The van der Waals surface area contributed by atoms with Gasteiger partial charge in [-0.3, -0.25) is 4.79 Å². The van der Waals surface area contributed by atoms with Crippen LogP contribution in [-0.2, 0) is 4.79 Å². The van der Waals surface area contributed by atoms with Gasteiger partial charge >= 0.3 is 0 Å². The summed E-state index contributed by atoms with van der Waals surface area (Å²) in [5.74, 6) is 0.0378. The molecule has 0 unspecified atom stereocenters. The highest BCUT2D eigenvalue weighted by molar-refractivity contribution is 9.10. The highest BCUT2D eigenvalue weighted by Gasteiger charge is 2.17. The van der Waals surface area contributed by atoms with Crippen LogP contribution in [0.1, 0.15) is 45.7 Å². The molecule has 1 amide bonds. The summed E-state index contributed by atoms with van der Waals surface area (Å²) < 4.78 is 1.06. The standard InChI is InChI=1S/C15H23BrN2O/c1-5-15(3,4)18-14(19)10-17-11(2)12-6-8-13(16)9-7-12/h6-9,11,17H,5,10H2,1-4H3,(H,18,19)/t11-/m1/s1. The first-order chi connectivity index (χ1) is 8.84. The Labute approximate surface area is 124 Å². The smallest absolute Gasteiger partial charge is 0.234 e. The first-order valence-electron chi connectivity index (χ1n) is 6.64. The van der Waals surface area contributed by atoms with Gasteiger partial charge in [0.1, 0.15) is 0 Å². The molecular weight excluding hydrogens is 304 g/mol. The minimum absolute atomic E-state index is 0.0378. The Morgan fingerprint density at radius 3 is 2.42 bits per heavy atom. The molecule has 0 saturated carbocycles. The van der Waals surface area contributed by atoms with Crippen LogP contribution in [0, 0.1) is 0 Å². The van der Waals surface area contributed by atoms with Crippen molar-refractivity contribution in [2.24, 2.45) is 0 Å². The fraction of sp³-hybridized carbons (Fsp3) is 0.533. The highest BCUT2D eigenvalue weighted by Crippen LogP contribution is 2.16. The minimum Gasteiger partial charge on any atom is -0.350 e. The molecule has 1 rings (SSSR count). The van der Waals surface area contributed by atoms with Crippen molar-refractivity contribution in [3.8, 4) is 0 Å². The molecule has 0 radical (unpaired) electrons. The second kappa shape index (κ2) is 7.06. The summed E-state index contributed by atoms with van der Waals surface area (Å²) in [5, 5.41) is 6.25. The van der Waals surface area contributed by atoms with E-state index in [2.05, 4.69) is 52.5 Å². The monoisotopic (exact) mass is 326 g/mol. The zero-order valence-corrected chi connectivity index (χ0v) is 13.7. The van der Waals surface area contributed by atoms with E-state index in [4.69, 9.17) is 0 Å². The number of benzene rings is 1. The summed E-state index contributed by atoms with van der Waals surface area (Å²) in [7, 11) is 0. The second-order valence-corrected chi connectivity index (χ2v) is 6.36. The molecule has 106 valence electrons. The van der Waals surface area contributed by atoms with E-state index in [1.165, 1.54) is 5.56 Å². The van der Waals surface area contributed by atoms with Gasteiger partial charge in [0, 0.05) is 16.1 Å². The van der Waals surface area contributed by atoms with Crippen LogP contribution in [0.2, 0.25) is 0 Å². The largest absolute Gasteiger partial charge is 0.350 e. The van der Waals surface area contributed by atoms with E-state index in [9.17, 15) is 4.79 Å². The summed E-state index contributed by atoms with van der Waals surface area (Å²) in [6, 6.07) is 8.27. The molecular formula is C15H23BrN2O. The molecule has 1 atom stereocenters. The molecule has 0 heterocycles. The molecule has 0 aliphatic carbocycles. The lowest BCUT2D eigenvalue weighted by Gasteiger charge is -2.25. The van der Waals surface area contributed by atoms with E-state index < -0.39 is 0 Å². The van der Waals surface area contributed by atoms with Gasteiger partial charge in [0.15, 0.2) is 0 Å². The maximum Gasteiger partial charge on any atom is 0.234 e. The molecule has 1 aromatic carbocycles. The molecule has 19 heavy (non-hydrogen) atoms. The summed E-state index contributed by atoms with van der Waals surface area (Å²) in [4.78, 5) is 11.8. The Hall–Kier alpha value is -0.870. The first kappa shape index (κ1) is 16.2. The number of halogens is 1. The zero-order valence-electron chi connectivity index (χ0n) is 12.1. The van der Waals surface area contributed by atoms with Crippen molar-refractivity contribution in [3.63, 3.8) is 0 Å². The van der Waals surface area contributed by atoms with Gasteiger partial charge in [-0.2, -0.15) is 0 Å². The topological polar surface area (TPSA) is 41.1 Å². The number of carbonyl (C=O) groups excluding carboxylic acids is 1. The van der Waals surface area contributed by atoms with Crippen LogP contribution in [0.5, 0.6) is 0 Å². The van der Waals surface area contributed by atoms with Crippen LogP contribution in [0.3, 0.4) is 0 Å². The molecule has 3 nitrogen and oxygen atoms in total. The minimum atomic E-state index is -0.139. The van der Waals surface area contributed by atoms with Crippen molar-refractivity contribution >= 4 is 21.8 Å². The van der Waals surface area contributed by atoms with Crippen LogP contribution in [0.25, 0.3) is 0 Å². The average Bonchev–Trinajstić information content (AvgIpc) is 2.36. The summed E-state index contributed by atoms with van der Waals surface area (Å²) >= 11 is 3.41. The lowest BCUT2D eigenvalue weighted by Crippen LogP contribution is -2.46. The van der Waals surface area contributed by atoms with Gasteiger partial charge in [0.05, 0.1) is 6.54 Å². The number of nitrogens with one attached hydrogen (secondary N) is 2. The van der Waals surface area contributed by atoms with Crippen molar-refractivity contribution in [3.05, 3.63) is 34.3 Å². The van der Waals surface area contributed by atoms with E-state index in [0.717, 1.165) is 10.9 Å². The Kier molecular flexibility index (Phi) is 6.01. The van der Waals surface area contributed by atoms with E-state index in [1.807, 2.05) is 26.0 Å². The molecule has 0 fully saturated rings. The van der Waals surface area contributed by atoms with Crippen molar-refractivity contribution in [2.45, 2.75) is 45.7 Å². The lowest BCUT2D eigenvalue weighted by molar-refractivity contribution is -0.122. The predicted molar refractivity (Wildman–Crippen MR) is 83.1 cm³/mol. The van der Waals surface area contributed by atoms with Gasteiger partial charge in [-0.05, 0) is 44.9 Å². The van der Waals surface area contributed by atoms with Crippen molar-refractivity contribution in [2.75, 3.05) is 6.54 Å². The fourth-order valence-electron chi connectivity index (χ4n) is 1.63. The molecule has 4 heteroatoms. The van der Waals surface area contributed by atoms with Crippen molar-refractivity contribution in [1.82, 2.24) is 10.6 Å². The molecule has 0 aromatic heterocycles. The molecule has 2 N–H and O–H groups in total. The Morgan fingerprint density at radius 2 is 1.89 bits per heavy atom. The molecule has 1 aromatic rings. The lowest BCUT2D eigenvalue weighted by atomic mass is 10.0. The van der Waals surface area contributed by atoms with E-state index in [0.29, 0.717) is 6.54 Å². The Balaban J connectivity index is 2.44. The first-order valence-corrected chi connectivity index (χ1v) is 7.43. The number of hydrogen-bond acceptors (Lipinski definition) is 2. The van der Waals surface area contributed by atoms with Crippen molar-refractivity contribution in [1.29, 1.82) is 0 Å². The summed E-state index contributed by atoms with van der Waals surface area (Å²) in [6.45, 7) is 8.52. The molecule has 0 spiro atoms. The van der Waals surface area contributed by atoms with Gasteiger partial charge in [-0.15, -0.1) is 0 Å². The number of rotatable bonds is 6. The predicted octanol–water partition coefficient (Wildman–Crippen LogP) is 3.40. The van der Waals surface area contributed by atoms with Gasteiger partial charge in [-0.25, -0.2) is 0 Å². The maximum atomic E-state index is 11.8. The summed E-state index contributed by atoms with van der Waals surface area (Å²) in [5.41, 5.74) is 1.03. The molecule has 0 aliphatic heterocycles. The van der Waals surface area contributed by atoms with E-state index in [1.54, 1.807) is 0 Å². The molecule has 0 saturated heterocycles. The van der Waals surface area contributed by atoms with E-state index in [-0.39, 0.29) is 17.5 Å². The Morgan fingerprint density at radius 1 is 1.32 bits per heavy atom. The maximum absolute atomic E-state index is 11.8. The van der Waals surface area contributed by atoms with Crippen LogP contribution < -0.4 is 10.6 Å². The second-order valence-electron chi connectivity index (χ2n) is 5.44. The third kappa shape index (κ3) is 5.74. The quantitative estimate of drug-likeness (QED) is 0.841. The SMILES string of the molecule is CCC(C)(C)NC(=O)CN[C@H](C)c1ccc(Br)cc1. The van der Waals surface area contributed by atoms with Crippen LogP contribution in [0.4, 0.5) is 0 Å². The number of hydrogen-bond donors (Lipinski definition) is 2. The number of amides is 1. The van der Waals surface area contributed by atoms with Gasteiger partial charge in [-0.1, -0.05) is 35.0 Å². The van der Waals surface area contributed by atoms with E-state index >= 15 is 0 Å². The van der Waals surface area contributed by atoms with Crippen LogP contribution in [0.15, 0.2) is 28.7 Å². The third-order valence-corrected chi connectivity index (χ3v) is 3.83. The van der Waals surface area contributed by atoms with Gasteiger partial charge in [0.2, 0.25) is 5.91 Å². The normalized spacial score (nSPS) is 13.1. The van der Waals surface area contributed by atoms with Crippen LogP contribution >= 0.6 is 15.9 Å². The van der Waals surface area contributed by atoms with Gasteiger partial charge < -0.3 is 10.6 Å². The molecule has 0 aliphatic rings. The highest BCUT2D eigenvalue weighted by atomic mass is 79.9. The van der Waals surface area contributed by atoms with Crippen LogP contribution in [-0.4, -0.2) is 18.0 Å².